The Kier molecular flexibility index (Phi) is 3.36. The standard InChI is InChI=1S/C7H12N2S/c1-2-3-4-5-7-9-8-6-10-7/h6H,2-5H2,1H3. The molecular formula is C7H12N2S. The molecule has 0 fully saturated rings. The van der Waals surface area contributed by atoms with Crippen LogP contribution in [0.3, 0.4) is 0 Å². The van der Waals surface area contributed by atoms with Gasteiger partial charge in [0.05, 0.1) is 0 Å². The van der Waals surface area contributed by atoms with Crippen molar-refractivity contribution in [2.24, 2.45) is 0 Å². The van der Waals surface area contributed by atoms with Crippen LogP contribution in [-0.4, -0.2) is 10.2 Å². The smallest absolute Gasteiger partial charge is 0.117 e. The third kappa shape index (κ3) is 2.43. The summed E-state index contributed by atoms with van der Waals surface area (Å²) in [6, 6.07) is 0. The molecule has 0 unspecified atom stereocenters. The average Bonchev–Trinajstić information content (AvgIpc) is 2.41. The van der Waals surface area contributed by atoms with Crippen LogP contribution in [0.25, 0.3) is 0 Å². The van der Waals surface area contributed by atoms with Gasteiger partial charge in [0.25, 0.3) is 0 Å². The van der Waals surface area contributed by atoms with Gasteiger partial charge in [0.15, 0.2) is 0 Å². The molecule has 1 rings (SSSR count). The minimum absolute atomic E-state index is 1.11. The van der Waals surface area contributed by atoms with Crippen molar-refractivity contribution in [3.8, 4) is 0 Å². The van der Waals surface area contributed by atoms with Crippen LogP contribution in [0.4, 0.5) is 0 Å². The van der Waals surface area contributed by atoms with Crippen molar-refractivity contribution in [1.29, 1.82) is 0 Å². The van der Waals surface area contributed by atoms with E-state index in [4.69, 9.17) is 0 Å². The highest BCUT2D eigenvalue weighted by atomic mass is 32.1. The molecule has 0 amide bonds. The van der Waals surface area contributed by atoms with Gasteiger partial charge in [-0.15, -0.1) is 21.5 Å². The second-order valence-electron chi connectivity index (χ2n) is 2.29. The normalized spacial score (nSPS) is 10.1. The van der Waals surface area contributed by atoms with Crippen molar-refractivity contribution >= 4 is 11.3 Å². The van der Waals surface area contributed by atoms with Crippen LogP contribution >= 0.6 is 11.3 Å². The Morgan fingerprint density at radius 3 is 3.00 bits per heavy atom. The van der Waals surface area contributed by atoms with Gasteiger partial charge < -0.3 is 0 Å². The van der Waals surface area contributed by atoms with Crippen LogP contribution in [0.15, 0.2) is 5.51 Å². The molecule has 0 aromatic carbocycles. The lowest BCUT2D eigenvalue weighted by Gasteiger charge is -1.91. The minimum atomic E-state index is 1.11. The van der Waals surface area contributed by atoms with Gasteiger partial charge in [-0.3, -0.25) is 0 Å². The van der Waals surface area contributed by atoms with Crippen LogP contribution in [0.5, 0.6) is 0 Å². The Morgan fingerprint density at radius 1 is 1.50 bits per heavy atom. The fourth-order valence-electron chi connectivity index (χ4n) is 0.831. The van der Waals surface area contributed by atoms with Crippen molar-refractivity contribution in [1.82, 2.24) is 10.2 Å². The van der Waals surface area contributed by atoms with Gasteiger partial charge in [-0.1, -0.05) is 19.8 Å². The molecular weight excluding hydrogens is 144 g/mol. The monoisotopic (exact) mass is 156 g/mol. The van der Waals surface area contributed by atoms with Crippen molar-refractivity contribution in [3.05, 3.63) is 10.5 Å². The van der Waals surface area contributed by atoms with Crippen molar-refractivity contribution in [2.75, 3.05) is 0 Å². The quantitative estimate of drug-likeness (QED) is 0.625. The SMILES string of the molecule is CCCCCc1nncs1. The predicted octanol–water partition coefficient (Wildman–Crippen LogP) is 2.27. The van der Waals surface area contributed by atoms with E-state index in [0.29, 0.717) is 0 Å². The number of rotatable bonds is 4. The van der Waals surface area contributed by atoms with Crippen molar-refractivity contribution in [3.63, 3.8) is 0 Å². The third-order valence-corrected chi connectivity index (χ3v) is 2.16. The van der Waals surface area contributed by atoms with Crippen molar-refractivity contribution in [2.45, 2.75) is 32.6 Å². The molecule has 1 aromatic heterocycles. The molecule has 0 radical (unpaired) electrons. The number of nitrogens with zero attached hydrogens (tertiary/aromatic N) is 2. The molecule has 1 heterocycles. The molecule has 0 N–H and O–H groups in total. The molecule has 0 aliphatic heterocycles. The Bertz CT molecular complexity index is 160. The van der Waals surface area contributed by atoms with Crippen molar-refractivity contribution < 1.29 is 0 Å². The van der Waals surface area contributed by atoms with E-state index in [9.17, 15) is 0 Å². The molecule has 0 atom stereocenters. The van der Waals surface area contributed by atoms with Gasteiger partial charge in [-0.2, -0.15) is 0 Å². The number of aromatic nitrogens is 2. The van der Waals surface area contributed by atoms with E-state index in [1.54, 1.807) is 16.8 Å². The number of unbranched alkanes of at least 4 members (excludes halogenated alkanes) is 2. The molecule has 0 aliphatic rings. The molecule has 0 spiro atoms. The summed E-state index contributed by atoms with van der Waals surface area (Å²) in [4.78, 5) is 0. The molecule has 3 heteroatoms. The summed E-state index contributed by atoms with van der Waals surface area (Å²) in [6.45, 7) is 2.21. The summed E-state index contributed by atoms with van der Waals surface area (Å²) in [7, 11) is 0. The lowest BCUT2D eigenvalue weighted by Crippen LogP contribution is -1.83. The zero-order chi connectivity index (χ0) is 7.23. The summed E-state index contributed by atoms with van der Waals surface area (Å²) in [5.41, 5.74) is 1.79. The summed E-state index contributed by atoms with van der Waals surface area (Å²) < 4.78 is 0. The zero-order valence-corrected chi connectivity index (χ0v) is 7.02. The Balaban J connectivity index is 2.15. The molecule has 0 saturated carbocycles. The maximum Gasteiger partial charge on any atom is 0.117 e. The van der Waals surface area contributed by atoms with E-state index in [1.165, 1.54) is 24.3 Å². The molecule has 0 aliphatic carbocycles. The Labute approximate surface area is 65.3 Å². The Morgan fingerprint density at radius 2 is 2.40 bits per heavy atom. The van der Waals surface area contributed by atoms with Gasteiger partial charge in [0, 0.05) is 6.42 Å². The van der Waals surface area contributed by atoms with Gasteiger partial charge in [0.2, 0.25) is 0 Å². The van der Waals surface area contributed by atoms with Gasteiger partial charge in [-0.05, 0) is 6.42 Å². The number of hydrogen-bond donors (Lipinski definition) is 0. The largest absolute Gasteiger partial charge is 0.147 e. The topological polar surface area (TPSA) is 25.8 Å². The summed E-state index contributed by atoms with van der Waals surface area (Å²) >= 11 is 1.65. The van der Waals surface area contributed by atoms with E-state index in [0.717, 1.165) is 6.42 Å². The van der Waals surface area contributed by atoms with Crippen LogP contribution in [0, 0.1) is 0 Å². The van der Waals surface area contributed by atoms with E-state index >= 15 is 0 Å². The molecule has 56 valence electrons. The highest BCUT2D eigenvalue weighted by Gasteiger charge is 1.94. The van der Waals surface area contributed by atoms with E-state index < -0.39 is 0 Å². The average molecular weight is 156 g/mol. The number of aryl methyl sites for hydroxylation is 1. The summed E-state index contributed by atoms with van der Waals surface area (Å²) in [6.07, 6.45) is 4.95. The second kappa shape index (κ2) is 4.39. The first-order chi connectivity index (χ1) is 4.93. The van der Waals surface area contributed by atoms with E-state index in [1.807, 2.05) is 0 Å². The lowest BCUT2D eigenvalue weighted by molar-refractivity contribution is 0.710. The van der Waals surface area contributed by atoms with E-state index in [-0.39, 0.29) is 0 Å². The van der Waals surface area contributed by atoms with Crippen LogP contribution in [0.2, 0.25) is 0 Å². The fourth-order valence-corrected chi connectivity index (χ4v) is 1.40. The van der Waals surface area contributed by atoms with Crippen LogP contribution < -0.4 is 0 Å². The first-order valence-electron chi connectivity index (χ1n) is 3.68. The predicted molar refractivity (Wildman–Crippen MR) is 43.1 cm³/mol. The first-order valence-corrected chi connectivity index (χ1v) is 4.56. The molecule has 2 nitrogen and oxygen atoms in total. The first kappa shape index (κ1) is 7.66. The van der Waals surface area contributed by atoms with Gasteiger partial charge in [0.1, 0.15) is 10.5 Å². The second-order valence-corrected chi connectivity index (χ2v) is 3.21. The van der Waals surface area contributed by atoms with E-state index in [2.05, 4.69) is 17.1 Å². The summed E-state index contributed by atoms with van der Waals surface area (Å²) in [5, 5.41) is 8.90. The molecule has 0 saturated heterocycles. The van der Waals surface area contributed by atoms with Crippen LogP contribution in [-0.2, 0) is 6.42 Å². The Hall–Kier alpha value is -0.440. The highest BCUT2D eigenvalue weighted by molar-refractivity contribution is 7.09. The third-order valence-electron chi connectivity index (χ3n) is 1.40. The molecule has 0 bridgehead atoms. The van der Waals surface area contributed by atoms with Gasteiger partial charge in [-0.25, -0.2) is 0 Å². The minimum Gasteiger partial charge on any atom is -0.147 e. The summed E-state index contributed by atoms with van der Waals surface area (Å²) in [5.74, 6) is 0. The number of hydrogen-bond acceptors (Lipinski definition) is 3. The molecule has 1 aromatic rings. The maximum absolute atomic E-state index is 3.96. The van der Waals surface area contributed by atoms with Crippen LogP contribution in [0.1, 0.15) is 31.2 Å². The highest BCUT2D eigenvalue weighted by Crippen LogP contribution is 2.06. The lowest BCUT2D eigenvalue weighted by atomic mass is 10.2. The van der Waals surface area contributed by atoms with Gasteiger partial charge >= 0.3 is 0 Å². The fraction of sp³-hybridized carbons (Fsp3) is 0.714. The molecule has 10 heavy (non-hydrogen) atoms. The maximum atomic E-state index is 3.96. The zero-order valence-electron chi connectivity index (χ0n) is 6.21.